The highest BCUT2D eigenvalue weighted by atomic mass is 32.2. The van der Waals surface area contributed by atoms with Gasteiger partial charge in [0, 0.05) is 30.3 Å². The third-order valence-corrected chi connectivity index (χ3v) is 3.76. The van der Waals surface area contributed by atoms with Gasteiger partial charge < -0.3 is 10.6 Å². The molecule has 1 rings (SSSR count). The molecule has 0 aliphatic rings. The van der Waals surface area contributed by atoms with Crippen LogP contribution in [-0.4, -0.2) is 34.6 Å². The Morgan fingerprint density at radius 3 is 2.45 bits per heavy atom. The van der Waals surface area contributed by atoms with Crippen molar-refractivity contribution in [1.82, 2.24) is 9.97 Å². The zero-order valence-corrected chi connectivity index (χ0v) is 14.2. The van der Waals surface area contributed by atoms with Gasteiger partial charge >= 0.3 is 0 Å². The van der Waals surface area contributed by atoms with Crippen molar-refractivity contribution >= 4 is 23.4 Å². The van der Waals surface area contributed by atoms with Crippen LogP contribution >= 0.6 is 11.8 Å². The van der Waals surface area contributed by atoms with Crippen LogP contribution in [0, 0.1) is 0 Å². The lowest BCUT2D eigenvalue weighted by Crippen LogP contribution is -2.22. The summed E-state index contributed by atoms with van der Waals surface area (Å²) in [6.07, 6.45) is 4.32. The molecule has 0 bridgehead atoms. The van der Waals surface area contributed by atoms with Gasteiger partial charge in [0.15, 0.2) is 0 Å². The first-order valence-corrected chi connectivity index (χ1v) is 8.88. The van der Waals surface area contributed by atoms with Crippen molar-refractivity contribution in [2.24, 2.45) is 0 Å². The summed E-state index contributed by atoms with van der Waals surface area (Å²) in [4.78, 5) is 9.22. The van der Waals surface area contributed by atoms with E-state index in [9.17, 15) is 0 Å². The minimum atomic E-state index is 0.333. The van der Waals surface area contributed by atoms with E-state index in [0.717, 1.165) is 42.6 Å². The Morgan fingerprint density at radius 2 is 1.90 bits per heavy atom. The number of thioether (sulfide) groups is 1. The predicted octanol–water partition coefficient (Wildman–Crippen LogP) is 3.98. The maximum Gasteiger partial charge on any atom is 0.135 e. The summed E-state index contributed by atoms with van der Waals surface area (Å²) in [5.74, 6) is 4.18. The topological polar surface area (TPSA) is 49.8 Å². The summed E-state index contributed by atoms with van der Waals surface area (Å²) in [6.45, 7) is 9.55. The summed E-state index contributed by atoms with van der Waals surface area (Å²) in [7, 11) is 0. The molecular formula is C15H28N4S. The molecule has 0 amide bonds. The van der Waals surface area contributed by atoms with Crippen molar-refractivity contribution in [3.05, 3.63) is 11.9 Å². The van der Waals surface area contributed by atoms with Gasteiger partial charge in [-0.1, -0.05) is 27.7 Å². The summed E-state index contributed by atoms with van der Waals surface area (Å²) < 4.78 is 0. The van der Waals surface area contributed by atoms with Gasteiger partial charge in [-0.15, -0.1) is 0 Å². The summed E-state index contributed by atoms with van der Waals surface area (Å²) >= 11 is 1.86. The normalized spacial score (nSPS) is 12.5. The van der Waals surface area contributed by atoms with E-state index in [2.05, 4.69) is 54.6 Å². The number of rotatable bonds is 9. The Balaban J connectivity index is 2.89. The molecule has 0 spiro atoms. The molecule has 0 saturated carbocycles. The van der Waals surface area contributed by atoms with Crippen molar-refractivity contribution in [3.63, 3.8) is 0 Å². The van der Waals surface area contributed by atoms with Crippen LogP contribution in [-0.2, 0) is 0 Å². The smallest absolute Gasteiger partial charge is 0.135 e. The van der Waals surface area contributed by atoms with Crippen LogP contribution in [0.15, 0.2) is 6.07 Å². The van der Waals surface area contributed by atoms with Crippen molar-refractivity contribution in [3.8, 4) is 0 Å². The molecule has 0 saturated heterocycles. The Labute approximate surface area is 127 Å². The van der Waals surface area contributed by atoms with Crippen LogP contribution in [0.5, 0.6) is 0 Å². The summed E-state index contributed by atoms with van der Waals surface area (Å²) in [5, 5.41) is 6.89. The summed E-state index contributed by atoms with van der Waals surface area (Å²) in [6, 6.07) is 2.48. The molecule has 20 heavy (non-hydrogen) atoms. The zero-order chi connectivity index (χ0) is 15.0. The van der Waals surface area contributed by atoms with Gasteiger partial charge in [-0.05, 0) is 19.1 Å². The maximum absolute atomic E-state index is 4.64. The monoisotopic (exact) mass is 296 g/mol. The molecule has 1 atom stereocenters. The molecule has 1 aromatic rings. The van der Waals surface area contributed by atoms with E-state index < -0.39 is 0 Å². The van der Waals surface area contributed by atoms with Crippen molar-refractivity contribution in [2.45, 2.75) is 52.5 Å². The van der Waals surface area contributed by atoms with Crippen molar-refractivity contribution in [1.29, 1.82) is 0 Å². The van der Waals surface area contributed by atoms with E-state index in [1.54, 1.807) is 0 Å². The van der Waals surface area contributed by atoms with Gasteiger partial charge in [-0.25, -0.2) is 9.97 Å². The second-order valence-electron chi connectivity index (χ2n) is 5.28. The van der Waals surface area contributed by atoms with E-state index >= 15 is 0 Å². The lowest BCUT2D eigenvalue weighted by molar-refractivity contribution is 0.747. The van der Waals surface area contributed by atoms with Gasteiger partial charge in [0.2, 0.25) is 0 Å². The van der Waals surface area contributed by atoms with Crippen LogP contribution in [0.1, 0.15) is 52.3 Å². The maximum atomic E-state index is 4.64. The van der Waals surface area contributed by atoms with E-state index in [0.29, 0.717) is 12.0 Å². The molecule has 0 fully saturated rings. The average molecular weight is 296 g/mol. The number of aromatic nitrogens is 2. The third-order valence-electron chi connectivity index (χ3n) is 3.03. The quantitative estimate of drug-likeness (QED) is 0.722. The third kappa shape index (κ3) is 5.57. The first kappa shape index (κ1) is 17.1. The molecule has 5 heteroatoms. The van der Waals surface area contributed by atoms with Crippen LogP contribution in [0.25, 0.3) is 0 Å². The Morgan fingerprint density at radius 1 is 1.20 bits per heavy atom. The van der Waals surface area contributed by atoms with Gasteiger partial charge in [-0.2, -0.15) is 11.8 Å². The number of nitrogens with zero attached hydrogens (tertiary/aromatic N) is 2. The van der Waals surface area contributed by atoms with E-state index in [4.69, 9.17) is 0 Å². The van der Waals surface area contributed by atoms with E-state index in [1.807, 2.05) is 17.8 Å². The highest BCUT2D eigenvalue weighted by molar-refractivity contribution is 7.98. The SMILES string of the molecule is CCCNc1cc(NC(CC)CSC)nc(C(C)C)n1. The van der Waals surface area contributed by atoms with Crippen molar-refractivity contribution < 1.29 is 0 Å². The molecule has 4 nitrogen and oxygen atoms in total. The number of anilines is 2. The molecule has 0 aromatic carbocycles. The van der Waals surface area contributed by atoms with E-state index in [-0.39, 0.29) is 0 Å². The Bertz CT molecular complexity index is 395. The summed E-state index contributed by atoms with van der Waals surface area (Å²) in [5.41, 5.74) is 0. The fourth-order valence-electron chi connectivity index (χ4n) is 1.81. The van der Waals surface area contributed by atoms with E-state index in [1.165, 1.54) is 0 Å². The first-order chi connectivity index (χ1) is 9.60. The van der Waals surface area contributed by atoms with Crippen LogP contribution < -0.4 is 10.6 Å². The largest absolute Gasteiger partial charge is 0.370 e. The molecule has 1 aromatic heterocycles. The molecule has 2 N–H and O–H groups in total. The Hall–Kier alpha value is -0.970. The fraction of sp³-hybridized carbons (Fsp3) is 0.733. The minimum Gasteiger partial charge on any atom is -0.370 e. The average Bonchev–Trinajstić information content (AvgIpc) is 2.44. The zero-order valence-electron chi connectivity index (χ0n) is 13.4. The van der Waals surface area contributed by atoms with Gasteiger partial charge in [-0.3, -0.25) is 0 Å². The van der Waals surface area contributed by atoms with Crippen LogP contribution in [0.3, 0.4) is 0 Å². The second-order valence-corrected chi connectivity index (χ2v) is 6.19. The lowest BCUT2D eigenvalue weighted by atomic mass is 10.2. The lowest BCUT2D eigenvalue weighted by Gasteiger charge is -2.18. The molecule has 0 radical (unpaired) electrons. The van der Waals surface area contributed by atoms with Crippen LogP contribution in [0.2, 0.25) is 0 Å². The van der Waals surface area contributed by atoms with Gasteiger partial charge in [0.1, 0.15) is 17.5 Å². The number of hydrogen-bond acceptors (Lipinski definition) is 5. The molecular weight excluding hydrogens is 268 g/mol. The van der Waals surface area contributed by atoms with Crippen LogP contribution in [0.4, 0.5) is 11.6 Å². The highest BCUT2D eigenvalue weighted by Gasteiger charge is 2.11. The minimum absolute atomic E-state index is 0.333. The van der Waals surface area contributed by atoms with Crippen molar-refractivity contribution in [2.75, 3.05) is 29.2 Å². The first-order valence-electron chi connectivity index (χ1n) is 7.49. The standard InChI is InChI=1S/C15H28N4S/c1-6-8-16-13-9-14(17-12(7-2)10-20-5)19-15(18-13)11(3)4/h9,11-12H,6-8,10H2,1-5H3,(H2,16,17,18,19). The fourth-order valence-corrected chi connectivity index (χ4v) is 2.53. The molecule has 0 aliphatic heterocycles. The molecule has 114 valence electrons. The second kappa shape index (κ2) is 9.06. The van der Waals surface area contributed by atoms with Gasteiger partial charge in [0.25, 0.3) is 0 Å². The Kier molecular flexibility index (Phi) is 7.73. The number of nitrogens with one attached hydrogen (secondary N) is 2. The predicted molar refractivity (Wildman–Crippen MR) is 91.0 cm³/mol. The molecule has 0 aliphatic carbocycles. The number of hydrogen-bond donors (Lipinski definition) is 2. The molecule has 1 unspecified atom stereocenters. The highest BCUT2D eigenvalue weighted by Crippen LogP contribution is 2.18. The molecule has 1 heterocycles. The van der Waals surface area contributed by atoms with Gasteiger partial charge in [0.05, 0.1) is 0 Å².